The van der Waals surface area contributed by atoms with Gasteiger partial charge >= 0.3 is 11.9 Å². The van der Waals surface area contributed by atoms with Gasteiger partial charge in [0.2, 0.25) is 6.10 Å². The van der Waals surface area contributed by atoms with Crippen LogP contribution in [0.15, 0.2) is 11.6 Å². The Morgan fingerprint density at radius 3 is 2.56 bits per heavy atom. The summed E-state index contributed by atoms with van der Waals surface area (Å²) in [5.41, 5.74) is -1.49. The molecule has 2 bridgehead atoms. The van der Waals surface area contributed by atoms with Crippen LogP contribution in [0.1, 0.15) is 34.1 Å². The Morgan fingerprint density at radius 1 is 1.28 bits per heavy atom. The molecule has 0 aromatic carbocycles. The van der Waals surface area contributed by atoms with Gasteiger partial charge in [0.1, 0.15) is 18.3 Å². The third-order valence-corrected chi connectivity index (χ3v) is 8.92. The van der Waals surface area contributed by atoms with Crippen molar-refractivity contribution < 1.29 is 76.6 Å². The van der Waals surface area contributed by atoms with Crippen molar-refractivity contribution in [2.24, 2.45) is 34.5 Å². The molecule has 3 aliphatic carbocycles. The van der Waals surface area contributed by atoms with Crippen LogP contribution >= 0.6 is 0 Å². The molecule has 11 atom stereocenters. The largest absolute Gasteiger partial charge is 0.459 e. The first kappa shape index (κ1) is 24.4. The van der Waals surface area contributed by atoms with Crippen LogP contribution in [-0.4, -0.2) is 69.9 Å². The number of carbonyl (C=O) groups excluding carboxylic acids is 3. The Morgan fingerprint density at radius 2 is 1.94 bits per heavy atom. The maximum absolute atomic E-state index is 12.9. The number of allylic oxidation sites excluding steroid dienone is 1. The van der Waals surface area contributed by atoms with Gasteiger partial charge in [0.25, 0.3) is 0 Å². The molecule has 0 aromatic heterocycles. The summed E-state index contributed by atoms with van der Waals surface area (Å²) in [6.45, 7) is 6.33. The summed E-state index contributed by atoms with van der Waals surface area (Å²) in [5, 5.41) is 34.0. The number of rotatable bonds is 1. The van der Waals surface area contributed by atoms with E-state index in [0.29, 0.717) is 6.42 Å². The minimum Gasteiger partial charge on any atom is -0.459 e. The van der Waals surface area contributed by atoms with Crippen LogP contribution in [-0.2, 0) is 61.3 Å². The fourth-order valence-electron chi connectivity index (χ4n) is 7.91. The molecule has 9 nitrogen and oxygen atoms in total. The van der Waals surface area contributed by atoms with Gasteiger partial charge in [-0.15, -0.1) is 0 Å². The van der Waals surface area contributed by atoms with Gasteiger partial charge in [-0.1, -0.05) is 19.4 Å². The summed E-state index contributed by atoms with van der Waals surface area (Å²) >= 11 is 0. The number of aliphatic hydroxyl groups excluding tert-OH is 2. The van der Waals surface area contributed by atoms with E-state index in [1.165, 1.54) is 13.0 Å². The summed E-state index contributed by atoms with van der Waals surface area (Å²) in [7, 11) is 0. The fraction of sp³-hybridized carbons (Fsp3) is 0.773. The third kappa shape index (κ3) is 2.64. The Labute approximate surface area is 210 Å². The number of esters is 2. The maximum atomic E-state index is 12.9. The molecule has 2 aliphatic heterocycles. The molecule has 5 aliphatic rings. The predicted molar refractivity (Wildman–Crippen MR) is 102 cm³/mol. The summed E-state index contributed by atoms with van der Waals surface area (Å²) in [6.07, 6.45) is -3.09. The van der Waals surface area contributed by atoms with E-state index in [0.717, 1.165) is 5.57 Å². The Balaban J connectivity index is 0.00000245. The Bertz CT molecular complexity index is 919. The minimum atomic E-state index is -2.05. The molecule has 5 rings (SSSR count). The first-order chi connectivity index (χ1) is 14.4. The van der Waals surface area contributed by atoms with Crippen molar-refractivity contribution in [2.75, 3.05) is 6.61 Å². The molecule has 1 radical (unpaired) electrons. The number of ketones is 1. The molecule has 4 fully saturated rings. The van der Waals surface area contributed by atoms with Gasteiger partial charge in [-0.2, -0.15) is 0 Å². The monoisotopic (exact) mass is 525 g/mol. The summed E-state index contributed by atoms with van der Waals surface area (Å²) in [6, 6.07) is 0. The minimum absolute atomic E-state index is 0. The van der Waals surface area contributed by atoms with Gasteiger partial charge in [-0.3, -0.25) is 9.59 Å². The maximum Gasteiger partial charge on any atom is 0.348 e. The van der Waals surface area contributed by atoms with Crippen LogP contribution in [0.3, 0.4) is 0 Å². The second kappa shape index (κ2) is 7.39. The molecule has 2 saturated heterocycles. The standard InChI is InChI=1S/C22H28O9.Y/c1-8-5-12(24)17(26)20(4)11(8)6-13-21-7-29-22(28,19(20)21)16(25)9(2)14(21)15(18(27)31-13)30-10(3)23;/h5,9,11,13-17,19,25-26,28H,6-7H2,1-4H3;/t9-,11+,13-,14-,15-,16-,17-,19-,20-,21+,22+;/m1./s1. The average molecular weight is 525 g/mol. The van der Waals surface area contributed by atoms with Crippen LogP contribution < -0.4 is 0 Å². The molecule has 0 aromatic rings. The van der Waals surface area contributed by atoms with Crippen molar-refractivity contribution in [1.29, 1.82) is 0 Å². The quantitative estimate of drug-likeness (QED) is 0.394. The zero-order valence-corrected chi connectivity index (χ0v) is 21.3. The van der Waals surface area contributed by atoms with Crippen LogP contribution in [0.4, 0.5) is 0 Å². The number of hydrogen-bond donors (Lipinski definition) is 3. The smallest absolute Gasteiger partial charge is 0.348 e. The molecule has 0 amide bonds. The van der Waals surface area contributed by atoms with Crippen molar-refractivity contribution >= 4 is 17.7 Å². The molecular weight excluding hydrogens is 497 g/mol. The van der Waals surface area contributed by atoms with Gasteiger partial charge in [-0.25, -0.2) is 4.79 Å². The van der Waals surface area contributed by atoms with Crippen molar-refractivity contribution in [3.8, 4) is 0 Å². The first-order valence-corrected chi connectivity index (χ1v) is 10.7. The van der Waals surface area contributed by atoms with Crippen LogP contribution in [0.5, 0.6) is 0 Å². The van der Waals surface area contributed by atoms with E-state index in [1.807, 2.05) is 0 Å². The second-order valence-electron chi connectivity index (χ2n) is 10.2. The summed E-state index contributed by atoms with van der Waals surface area (Å²) in [4.78, 5) is 37.4. The van der Waals surface area contributed by atoms with E-state index >= 15 is 0 Å². The molecule has 2 saturated carbocycles. The van der Waals surface area contributed by atoms with Crippen molar-refractivity contribution in [3.05, 3.63) is 11.6 Å². The van der Waals surface area contributed by atoms with Crippen molar-refractivity contribution in [1.82, 2.24) is 0 Å². The predicted octanol–water partition coefficient (Wildman–Crippen LogP) is -0.295. The second-order valence-corrected chi connectivity index (χ2v) is 10.2. The Hall–Kier alpha value is -0.706. The topological polar surface area (TPSA) is 140 Å². The molecule has 3 N–H and O–H groups in total. The zero-order chi connectivity index (χ0) is 22.7. The van der Waals surface area contributed by atoms with Gasteiger partial charge in [0.05, 0.1) is 6.61 Å². The number of hydrogen-bond acceptors (Lipinski definition) is 9. The van der Waals surface area contributed by atoms with Gasteiger partial charge < -0.3 is 29.5 Å². The first-order valence-electron chi connectivity index (χ1n) is 10.7. The van der Waals surface area contributed by atoms with Crippen molar-refractivity contribution in [3.63, 3.8) is 0 Å². The van der Waals surface area contributed by atoms with E-state index in [2.05, 4.69) is 0 Å². The van der Waals surface area contributed by atoms with Crippen molar-refractivity contribution in [2.45, 2.75) is 64.3 Å². The molecule has 2 heterocycles. The van der Waals surface area contributed by atoms with Gasteiger partial charge in [0, 0.05) is 62.3 Å². The van der Waals surface area contributed by atoms with E-state index in [-0.39, 0.29) is 45.2 Å². The number of fused-ring (bicyclic) bond motifs is 1. The normalized spacial score (nSPS) is 53.3. The molecule has 32 heavy (non-hydrogen) atoms. The van der Waals surface area contributed by atoms with E-state index < -0.39 is 76.5 Å². The molecule has 0 unspecified atom stereocenters. The van der Waals surface area contributed by atoms with Crippen LogP contribution in [0.2, 0.25) is 0 Å². The molecule has 10 heteroatoms. The third-order valence-electron chi connectivity index (χ3n) is 8.92. The SMILES string of the molecule is CC(=O)O[C@H]1C(=O)O[C@@H]2C[C@H]3C(C)=CC(=O)[C@@H](O)[C@]3(C)[C@H]3[C@@]4(O)OC[C@]32[C@@H]1[C@@H](C)[C@H]4O.[Y]. The molecule has 1 spiro atoms. The van der Waals surface area contributed by atoms with E-state index in [9.17, 15) is 29.7 Å². The van der Waals surface area contributed by atoms with Crippen LogP contribution in [0, 0.1) is 34.5 Å². The zero-order valence-electron chi connectivity index (χ0n) is 18.5. The summed E-state index contributed by atoms with van der Waals surface area (Å²) < 4.78 is 17.1. The Kier molecular flexibility index (Phi) is 5.64. The molecular formula is C22H28O9Y. The molecule has 173 valence electrons. The average Bonchev–Trinajstić information content (AvgIpc) is 2.97. The van der Waals surface area contributed by atoms with Gasteiger partial charge in [0.15, 0.2) is 11.6 Å². The number of aliphatic hydroxyl groups is 3. The number of carbonyl (C=O) groups is 3. The van der Waals surface area contributed by atoms with E-state index in [1.54, 1.807) is 20.8 Å². The fourth-order valence-corrected chi connectivity index (χ4v) is 7.91. The summed E-state index contributed by atoms with van der Waals surface area (Å²) in [5.74, 6) is -6.57. The van der Waals surface area contributed by atoms with Crippen LogP contribution in [0.25, 0.3) is 0 Å². The van der Waals surface area contributed by atoms with E-state index in [4.69, 9.17) is 14.2 Å². The van der Waals surface area contributed by atoms with Gasteiger partial charge in [-0.05, 0) is 31.3 Å². The number of ether oxygens (including phenoxy) is 3.